The van der Waals surface area contributed by atoms with Gasteiger partial charge in [0.2, 0.25) is 0 Å². The average Bonchev–Trinajstić information content (AvgIpc) is 2.81. The standard InChI is InChI=1S/C12H16N4O/c13-5-1-2-6-14-12(17)9-3-4-10-11(7-9)16-8-15-10/h3-4,7-8H,1-2,5-6,13H2,(H,14,17)(H,15,16). The zero-order valence-electron chi connectivity index (χ0n) is 9.57. The highest BCUT2D eigenvalue weighted by Gasteiger charge is 2.06. The molecule has 0 aliphatic heterocycles. The van der Waals surface area contributed by atoms with Crippen LogP contribution in [0.15, 0.2) is 24.5 Å². The summed E-state index contributed by atoms with van der Waals surface area (Å²) >= 11 is 0. The van der Waals surface area contributed by atoms with Crippen molar-refractivity contribution in [2.45, 2.75) is 12.8 Å². The Balaban J connectivity index is 1.98. The Morgan fingerprint density at radius 1 is 1.41 bits per heavy atom. The number of hydrogen-bond donors (Lipinski definition) is 3. The van der Waals surface area contributed by atoms with Crippen molar-refractivity contribution in [3.05, 3.63) is 30.1 Å². The third kappa shape index (κ3) is 2.82. The zero-order chi connectivity index (χ0) is 12.1. The number of unbranched alkanes of at least 4 members (excludes halogenated alkanes) is 1. The molecule has 1 heterocycles. The predicted molar refractivity (Wildman–Crippen MR) is 66.7 cm³/mol. The molecular formula is C12H16N4O. The highest BCUT2D eigenvalue weighted by atomic mass is 16.1. The number of nitrogens with two attached hydrogens (primary N) is 1. The second-order valence-electron chi connectivity index (χ2n) is 3.89. The van der Waals surface area contributed by atoms with Crippen LogP contribution in [0, 0.1) is 0 Å². The Kier molecular flexibility index (Phi) is 3.72. The molecule has 4 N–H and O–H groups in total. The summed E-state index contributed by atoms with van der Waals surface area (Å²) in [6.07, 6.45) is 3.46. The Bertz CT molecular complexity index is 506. The maximum atomic E-state index is 11.8. The first-order valence-corrected chi connectivity index (χ1v) is 5.72. The lowest BCUT2D eigenvalue weighted by Crippen LogP contribution is -2.24. The molecule has 0 saturated heterocycles. The van der Waals surface area contributed by atoms with Gasteiger partial charge in [-0.15, -0.1) is 0 Å². The molecule has 17 heavy (non-hydrogen) atoms. The van der Waals surface area contributed by atoms with Crippen molar-refractivity contribution >= 4 is 16.9 Å². The highest BCUT2D eigenvalue weighted by Crippen LogP contribution is 2.11. The minimum absolute atomic E-state index is 0.0569. The lowest BCUT2D eigenvalue weighted by Gasteiger charge is -2.04. The molecule has 1 aromatic carbocycles. The fraction of sp³-hybridized carbons (Fsp3) is 0.333. The molecule has 0 fully saturated rings. The Labute approximate surface area is 99.4 Å². The number of benzene rings is 1. The van der Waals surface area contributed by atoms with Gasteiger partial charge in [0.05, 0.1) is 17.4 Å². The fourth-order valence-electron chi connectivity index (χ4n) is 1.65. The molecule has 2 aromatic rings. The largest absolute Gasteiger partial charge is 0.352 e. The lowest BCUT2D eigenvalue weighted by atomic mass is 10.2. The topological polar surface area (TPSA) is 83.8 Å². The van der Waals surface area contributed by atoms with E-state index in [1.165, 1.54) is 0 Å². The zero-order valence-corrected chi connectivity index (χ0v) is 9.57. The molecule has 1 amide bonds. The van der Waals surface area contributed by atoms with Gasteiger partial charge in [-0.3, -0.25) is 4.79 Å². The van der Waals surface area contributed by atoms with E-state index in [0.717, 1.165) is 23.9 Å². The van der Waals surface area contributed by atoms with Gasteiger partial charge in [0.15, 0.2) is 0 Å². The first kappa shape index (κ1) is 11.6. The normalized spacial score (nSPS) is 10.6. The fourth-order valence-corrected chi connectivity index (χ4v) is 1.65. The molecule has 0 radical (unpaired) electrons. The predicted octanol–water partition coefficient (Wildman–Crippen LogP) is 1.03. The van der Waals surface area contributed by atoms with Crippen molar-refractivity contribution in [2.24, 2.45) is 5.73 Å². The number of rotatable bonds is 5. The van der Waals surface area contributed by atoms with Crippen LogP contribution in [0.4, 0.5) is 0 Å². The van der Waals surface area contributed by atoms with Gasteiger partial charge < -0.3 is 16.0 Å². The molecule has 0 aliphatic carbocycles. The van der Waals surface area contributed by atoms with Crippen LogP contribution in [-0.2, 0) is 0 Å². The second kappa shape index (κ2) is 5.45. The van der Waals surface area contributed by atoms with Crippen LogP contribution in [0.1, 0.15) is 23.2 Å². The molecular weight excluding hydrogens is 216 g/mol. The molecule has 0 saturated carbocycles. The Morgan fingerprint density at radius 2 is 2.29 bits per heavy atom. The number of H-pyrrole nitrogens is 1. The third-order valence-electron chi connectivity index (χ3n) is 2.60. The molecule has 90 valence electrons. The molecule has 1 aromatic heterocycles. The van der Waals surface area contributed by atoms with E-state index in [0.29, 0.717) is 18.7 Å². The number of nitrogens with zero attached hydrogens (tertiary/aromatic N) is 1. The monoisotopic (exact) mass is 232 g/mol. The first-order valence-electron chi connectivity index (χ1n) is 5.72. The van der Waals surface area contributed by atoms with Gasteiger partial charge >= 0.3 is 0 Å². The van der Waals surface area contributed by atoms with E-state index in [2.05, 4.69) is 15.3 Å². The maximum absolute atomic E-state index is 11.8. The number of nitrogens with one attached hydrogen (secondary N) is 2. The molecule has 5 heteroatoms. The average molecular weight is 232 g/mol. The highest BCUT2D eigenvalue weighted by molar-refractivity contribution is 5.97. The van der Waals surface area contributed by atoms with Crippen LogP contribution in [-0.4, -0.2) is 29.0 Å². The van der Waals surface area contributed by atoms with Crippen LogP contribution >= 0.6 is 0 Å². The quantitative estimate of drug-likeness (QED) is 0.673. The van der Waals surface area contributed by atoms with E-state index in [1.807, 2.05) is 6.07 Å². The van der Waals surface area contributed by atoms with Crippen LogP contribution in [0.2, 0.25) is 0 Å². The number of imidazole rings is 1. The molecule has 0 atom stereocenters. The lowest BCUT2D eigenvalue weighted by molar-refractivity contribution is 0.0953. The van der Waals surface area contributed by atoms with Gasteiger partial charge in [0, 0.05) is 12.1 Å². The van der Waals surface area contributed by atoms with Crippen molar-refractivity contribution in [3.63, 3.8) is 0 Å². The number of fused-ring (bicyclic) bond motifs is 1. The number of carbonyl (C=O) groups excluding carboxylic acids is 1. The number of hydrogen-bond acceptors (Lipinski definition) is 3. The van der Waals surface area contributed by atoms with Crippen LogP contribution in [0.25, 0.3) is 11.0 Å². The third-order valence-corrected chi connectivity index (χ3v) is 2.60. The number of carbonyl (C=O) groups is 1. The van der Waals surface area contributed by atoms with Gasteiger partial charge in [-0.05, 0) is 37.6 Å². The molecule has 5 nitrogen and oxygen atoms in total. The van der Waals surface area contributed by atoms with E-state index < -0.39 is 0 Å². The Hall–Kier alpha value is -1.88. The minimum Gasteiger partial charge on any atom is -0.352 e. The first-order chi connectivity index (χ1) is 8.31. The molecule has 0 bridgehead atoms. The molecule has 0 spiro atoms. The minimum atomic E-state index is -0.0569. The van der Waals surface area contributed by atoms with Gasteiger partial charge in [-0.2, -0.15) is 0 Å². The van der Waals surface area contributed by atoms with Crippen molar-refractivity contribution in [3.8, 4) is 0 Å². The smallest absolute Gasteiger partial charge is 0.251 e. The second-order valence-corrected chi connectivity index (χ2v) is 3.89. The van der Waals surface area contributed by atoms with Gasteiger partial charge in [-0.1, -0.05) is 0 Å². The van der Waals surface area contributed by atoms with E-state index in [4.69, 9.17) is 5.73 Å². The number of amides is 1. The van der Waals surface area contributed by atoms with E-state index in [-0.39, 0.29) is 5.91 Å². The van der Waals surface area contributed by atoms with E-state index in [1.54, 1.807) is 18.5 Å². The summed E-state index contributed by atoms with van der Waals surface area (Å²) in [5.41, 5.74) is 7.77. The molecule has 0 unspecified atom stereocenters. The summed E-state index contributed by atoms with van der Waals surface area (Å²) in [6, 6.07) is 5.42. The summed E-state index contributed by atoms with van der Waals surface area (Å²) in [4.78, 5) is 18.9. The van der Waals surface area contributed by atoms with Crippen LogP contribution in [0.3, 0.4) is 0 Å². The van der Waals surface area contributed by atoms with Gasteiger partial charge in [-0.25, -0.2) is 4.98 Å². The summed E-state index contributed by atoms with van der Waals surface area (Å²) in [6.45, 7) is 1.33. The van der Waals surface area contributed by atoms with Gasteiger partial charge in [0.1, 0.15) is 0 Å². The summed E-state index contributed by atoms with van der Waals surface area (Å²) in [5, 5.41) is 2.86. The van der Waals surface area contributed by atoms with E-state index >= 15 is 0 Å². The number of aromatic amines is 1. The van der Waals surface area contributed by atoms with Crippen LogP contribution in [0.5, 0.6) is 0 Å². The maximum Gasteiger partial charge on any atom is 0.251 e. The van der Waals surface area contributed by atoms with Crippen molar-refractivity contribution < 1.29 is 4.79 Å². The van der Waals surface area contributed by atoms with Crippen LogP contribution < -0.4 is 11.1 Å². The number of aromatic nitrogens is 2. The molecule has 0 aliphatic rings. The molecule has 2 rings (SSSR count). The SMILES string of the molecule is NCCCCNC(=O)c1ccc2nc[nH]c2c1. The van der Waals surface area contributed by atoms with Crippen molar-refractivity contribution in [1.29, 1.82) is 0 Å². The summed E-state index contributed by atoms with van der Waals surface area (Å²) in [5.74, 6) is -0.0569. The summed E-state index contributed by atoms with van der Waals surface area (Å²) < 4.78 is 0. The summed E-state index contributed by atoms with van der Waals surface area (Å²) in [7, 11) is 0. The van der Waals surface area contributed by atoms with Crippen molar-refractivity contribution in [2.75, 3.05) is 13.1 Å². The van der Waals surface area contributed by atoms with Gasteiger partial charge in [0.25, 0.3) is 5.91 Å². The Morgan fingerprint density at radius 3 is 3.12 bits per heavy atom. The van der Waals surface area contributed by atoms with E-state index in [9.17, 15) is 4.79 Å². The van der Waals surface area contributed by atoms with Crippen molar-refractivity contribution in [1.82, 2.24) is 15.3 Å².